The van der Waals surface area contributed by atoms with E-state index >= 15 is 0 Å². The van der Waals surface area contributed by atoms with Crippen LogP contribution in [0, 0.1) is 0 Å². The summed E-state index contributed by atoms with van der Waals surface area (Å²) in [5, 5.41) is 13.1. The van der Waals surface area contributed by atoms with Gasteiger partial charge in [0, 0.05) is 6.04 Å². The average molecular weight is 219 g/mol. The molecule has 1 aromatic rings. The lowest BCUT2D eigenvalue weighted by molar-refractivity contribution is 0.112. The SMILES string of the molecule is O[C@H]1CCC[C@@H](NCCc2ccccc2)C1. The van der Waals surface area contributed by atoms with Crippen LogP contribution in [0.5, 0.6) is 0 Å². The van der Waals surface area contributed by atoms with Gasteiger partial charge < -0.3 is 10.4 Å². The molecule has 1 aliphatic rings. The zero-order chi connectivity index (χ0) is 11.2. The van der Waals surface area contributed by atoms with Crippen LogP contribution >= 0.6 is 0 Å². The van der Waals surface area contributed by atoms with Crippen molar-refractivity contribution in [1.82, 2.24) is 5.32 Å². The highest BCUT2D eigenvalue weighted by Gasteiger charge is 2.18. The maximum atomic E-state index is 9.56. The van der Waals surface area contributed by atoms with E-state index in [0.29, 0.717) is 6.04 Å². The molecule has 0 bridgehead atoms. The summed E-state index contributed by atoms with van der Waals surface area (Å²) in [6.45, 7) is 1.02. The molecule has 1 saturated carbocycles. The van der Waals surface area contributed by atoms with Gasteiger partial charge in [0.2, 0.25) is 0 Å². The van der Waals surface area contributed by atoms with Gasteiger partial charge in [-0.05, 0) is 44.2 Å². The molecule has 0 saturated heterocycles. The highest BCUT2D eigenvalue weighted by atomic mass is 16.3. The lowest BCUT2D eigenvalue weighted by Gasteiger charge is -2.26. The fourth-order valence-corrected chi connectivity index (χ4v) is 2.41. The lowest BCUT2D eigenvalue weighted by atomic mass is 9.93. The van der Waals surface area contributed by atoms with Crippen molar-refractivity contribution >= 4 is 0 Å². The van der Waals surface area contributed by atoms with Gasteiger partial charge in [-0.25, -0.2) is 0 Å². The summed E-state index contributed by atoms with van der Waals surface area (Å²) in [4.78, 5) is 0. The van der Waals surface area contributed by atoms with Crippen LogP contribution in [0.25, 0.3) is 0 Å². The molecule has 1 fully saturated rings. The van der Waals surface area contributed by atoms with Gasteiger partial charge in [0.25, 0.3) is 0 Å². The number of aliphatic hydroxyl groups excluding tert-OH is 1. The van der Waals surface area contributed by atoms with Crippen LogP contribution in [0.2, 0.25) is 0 Å². The van der Waals surface area contributed by atoms with E-state index in [1.807, 2.05) is 0 Å². The minimum atomic E-state index is -0.0806. The van der Waals surface area contributed by atoms with E-state index in [9.17, 15) is 5.11 Å². The minimum absolute atomic E-state index is 0.0806. The third-order valence-electron chi connectivity index (χ3n) is 3.34. The van der Waals surface area contributed by atoms with E-state index in [0.717, 1.165) is 32.2 Å². The highest BCUT2D eigenvalue weighted by Crippen LogP contribution is 2.18. The van der Waals surface area contributed by atoms with Crippen LogP contribution in [-0.2, 0) is 6.42 Å². The van der Waals surface area contributed by atoms with Gasteiger partial charge in [-0.2, -0.15) is 0 Å². The van der Waals surface area contributed by atoms with Gasteiger partial charge in [0.15, 0.2) is 0 Å². The molecule has 0 heterocycles. The van der Waals surface area contributed by atoms with Crippen molar-refractivity contribution in [3.63, 3.8) is 0 Å². The summed E-state index contributed by atoms with van der Waals surface area (Å²) < 4.78 is 0. The maximum Gasteiger partial charge on any atom is 0.0555 e. The summed E-state index contributed by atoms with van der Waals surface area (Å²) in [7, 11) is 0. The van der Waals surface area contributed by atoms with Gasteiger partial charge in [0.1, 0.15) is 0 Å². The molecule has 1 aliphatic carbocycles. The van der Waals surface area contributed by atoms with Crippen LogP contribution in [0.1, 0.15) is 31.2 Å². The Labute approximate surface area is 97.7 Å². The van der Waals surface area contributed by atoms with Crippen molar-refractivity contribution in [2.45, 2.75) is 44.2 Å². The number of nitrogens with one attached hydrogen (secondary N) is 1. The lowest BCUT2D eigenvalue weighted by Crippen LogP contribution is -2.37. The zero-order valence-corrected chi connectivity index (χ0v) is 9.73. The van der Waals surface area contributed by atoms with Crippen LogP contribution in [0.4, 0.5) is 0 Å². The number of aliphatic hydroxyl groups is 1. The summed E-state index contributed by atoms with van der Waals surface area (Å²) in [6, 6.07) is 11.1. The summed E-state index contributed by atoms with van der Waals surface area (Å²) in [5.41, 5.74) is 1.38. The van der Waals surface area contributed by atoms with Crippen molar-refractivity contribution in [3.8, 4) is 0 Å². The predicted octanol–water partition coefficient (Wildman–Crippen LogP) is 2.12. The topological polar surface area (TPSA) is 32.3 Å². The molecule has 2 rings (SSSR count). The highest BCUT2D eigenvalue weighted by molar-refractivity contribution is 5.14. The largest absolute Gasteiger partial charge is 0.393 e. The van der Waals surface area contributed by atoms with Crippen molar-refractivity contribution in [1.29, 1.82) is 0 Å². The Balaban J connectivity index is 1.68. The molecule has 0 radical (unpaired) electrons. The van der Waals surface area contributed by atoms with Crippen molar-refractivity contribution in [3.05, 3.63) is 35.9 Å². The van der Waals surface area contributed by atoms with Crippen molar-refractivity contribution < 1.29 is 5.11 Å². The van der Waals surface area contributed by atoms with Gasteiger partial charge in [-0.15, -0.1) is 0 Å². The molecule has 16 heavy (non-hydrogen) atoms. The molecular weight excluding hydrogens is 198 g/mol. The van der Waals surface area contributed by atoms with Crippen LogP contribution in [-0.4, -0.2) is 23.8 Å². The second kappa shape index (κ2) is 6.02. The molecule has 0 unspecified atom stereocenters. The minimum Gasteiger partial charge on any atom is -0.393 e. The van der Waals surface area contributed by atoms with Crippen molar-refractivity contribution in [2.24, 2.45) is 0 Å². The first-order chi connectivity index (χ1) is 7.84. The van der Waals surface area contributed by atoms with Gasteiger partial charge >= 0.3 is 0 Å². The molecule has 2 atom stereocenters. The molecule has 0 spiro atoms. The molecule has 88 valence electrons. The number of hydrogen-bond donors (Lipinski definition) is 2. The first-order valence-corrected chi connectivity index (χ1v) is 6.30. The maximum absolute atomic E-state index is 9.56. The Kier molecular flexibility index (Phi) is 4.37. The van der Waals surface area contributed by atoms with E-state index < -0.39 is 0 Å². The van der Waals surface area contributed by atoms with Crippen LogP contribution in [0.3, 0.4) is 0 Å². The Bertz CT molecular complexity index is 299. The van der Waals surface area contributed by atoms with Gasteiger partial charge in [-0.1, -0.05) is 30.3 Å². The normalized spacial score (nSPS) is 25.6. The third-order valence-corrected chi connectivity index (χ3v) is 3.34. The van der Waals surface area contributed by atoms with E-state index in [4.69, 9.17) is 0 Å². The Hall–Kier alpha value is -0.860. The Morgan fingerprint density at radius 1 is 1.19 bits per heavy atom. The number of benzene rings is 1. The molecular formula is C14H21NO. The molecule has 2 heteroatoms. The quantitative estimate of drug-likeness (QED) is 0.813. The predicted molar refractivity (Wildman–Crippen MR) is 66.4 cm³/mol. The molecule has 2 N–H and O–H groups in total. The van der Waals surface area contributed by atoms with E-state index in [2.05, 4.69) is 35.6 Å². The fourth-order valence-electron chi connectivity index (χ4n) is 2.41. The van der Waals surface area contributed by atoms with Crippen molar-refractivity contribution in [2.75, 3.05) is 6.54 Å². The van der Waals surface area contributed by atoms with Gasteiger partial charge in [-0.3, -0.25) is 0 Å². The molecule has 1 aromatic carbocycles. The summed E-state index contributed by atoms with van der Waals surface area (Å²) in [6.07, 6.45) is 5.28. The van der Waals surface area contributed by atoms with Gasteiger partial charge in [0.05, 0.1) is 6.10 Å². The van der Waals surface area contributed by atoms with Crippen LogP contribution < -0.4 is 5.32 Å². The standard InChI is InChI=1S/C14H21NO/c16-14-8-4-7-13(11-14)15-10-9-12-5-2-1-3-6-12/h1-3,5-6,13-16H,4,7-11H2/t13-,14+/m1/s1. The van der Waals surface area contributed by atoms with Crippen LogP contribution in [0.15, 0.2) is 30.3 Å². The third kappa shape index (κ3) is 3.62. The first kappa shape index (κ1) is 11.6. The average Bonchev–Trinajstić information content (AvgIpc) is 2.30. The number of hydrogen-bond acceptors (Lipinski definition) is 2. The first-order valence-electron chi connectivity index (χ1n) is 6.30. The second-order valence-corrected chi connectivity index (χ2v) is 4.71. The second-order valence-electron chi connectivity index (χ2n) is 4.71. The van der Waals surface area contributed by atoms with E-state index in [1.165, 1.54) is 12.0 Å². The van der Waals surface area contributed by atoms with E-state index in [-0.39, 0.29) is 6.10 Å². The molecule has 0 amide bonds. The molecule has 2 nitrogen and oxygen atoms in total. The Morgan fingerprint density at radius 3 is 2.75 bits per heavy atom. The van der Waals surface area contributed by atoms with E-state index in [1.54, 1.807) is 0 Å². The fraction of sp³-hybridized carbons (Fsp3) is 0.571. The smallest absolute Gasteiger partial charge is 0.0555 e. The summed E-state index contributed by atoms with van der Waals surface area (Å²) >= 11 is 0. The monoisotopic (exact) mass is 219 g/mol. The number of rotatable bonds is 4. The Morgan fingerprint density at radius 2 is 2.00 bits per heavy atom. The molecule has 0 aliphatic heterocycles. The summed E-state index contributed by atoms with van der Waals surface area (Å²) in [5.74, 6) is 0. The molecule has 0 aromatic heterocycles. The zero-order valence-electron chi connectivity index (χ0n) is 9.73.